The number of anilines is 4. The van der Waals surface area contributed by atoms with Crippen molar-refractivity contribution in [2.24, 2.45) is 7.05 Å². The highest BCUT2D eigenvalue weighted by atomic mass is 35.5. The summed E-state index contributed by atoms with van der Waals surface area (Å²) in [6.45, 7) is 0. The van der Waals surface area contributed by atoms with Gasteiger partial charge in [-0.05, 0) is 70.8 Å². The van der Waals surface area contributed by atoms with E-state index in [1.165, 1.54) is 47.0 Å². The van der Waals surface area contributed by atoms with E-state index in [0.717, 1.165) is 6.07 Å². The fraction of sp³-hybridized carbons (Fsp3) is 0.0606. The summed E-state index contributed by atoms with van der Waals surface area (Å²) < 4.78 is 68.2. The molecule has 4 aromatic carbocycles. The number of nitrogens with zero attached hydrogens (tertiary/aromatic N) is 4. The van der Waals surface area contributed by atoms with Crippen LogP contribution in [0, 0.1) is 0 Å². The highest BCUT2D eigenvalue weighted by Gasteiger charge is 2.29. The molecule has 1 aliphatic rings. The molecule has 0 aliphatic heterocycles. The summed E-state index contributed by atoms with van der Waals surface area (Å²) in [4.78, 5) is 38.4. The molecule has 0 fully saturated rings. The van der Waals surface area contributed by atoms with E-state index < -0.39 is 25.1 Å². The normalized spacial score (nSPS) is 12.5. The van der Waals surface area contributed by atoms with Crippen molar-refractivity contribution < 1.29 is 30.7 Å². The number of nitrogens with one attached hydrogen (secondary N) is 2. The number of carbonyl (C=O) groups is 1. The molecular formula is C33H23ClN6O8S2. The minimum atomic E-state index is -4.77. The van der Waals surface area contributed by atoms with Crippen molar-refractivity contribution in [3.05, 3.63) is 123 Å². The first-order valence-electron chi connectivity index (χ1n) is 14.6. The summed E-state index contributed by atoms with van der Waals surface area (Å²) in [6, 6.07) is 21.1. The first-order valence-corrected chi connectivity index (χ1v) is 17.9. The third-order valence-corrected chi connectivity index (χ3v) is 10.1. The Hall–Kier alpha value is -5.52. The molecule has 7 rings (SSSR count). The molecule has 0 saturated heterocycles. The second-order valence-electron chi connectivity index (χ2n) is 11.3. The SMILES string of the molecule is Cn1c(=O)cc2c3c(c(Nc4ccc(S(=O)(=O)O)c(Nc5nc(Cl)nc(Cc6ccc(S(=O)(=O)O)cc6)n5)c4)ccc31)C(=O)c1ccccc1-2. The van der Waals surface area contributed by atoms with Gasteiger partial charge < -0.3 is 15.2 Å². The third-order valence-electron chi connectivity index (χ3n) is 8.12. The maximum absolute atomic E-state index is 13.9. The second-order valence-corrected chi connectivity index (χ2v) is 14.4. The van der Waals surface area contributed by atoms with Gasteiger partial charge in [-0.25, -0.2) is 4.98 Å². The number of aryl methyl sites for hydroxylation is 1. The Bertz CT molecular complexity index is 2700. The van der Waals surface area contributed by atoms with Gasteiger partial charge in [-0.2, -0.15) is 26.8 Å². The molecule has 0 saturated carbocycles. The van der Waals surface area contributed by atoms with Gasteiger partial charge in [0, 0.05) is 36.2 Å². The number of aromatic nitrogens is 4. The standard InChI is InChI=1S/C33H23ClN6O8S2/c1-40-25-12-11-23(30-29(25)22(16-28(40)41)20-4-2-3-5-21(20)31(30)42)35-18-8-13-26(50(46,47)48)24(15-18)36-33-38-27(37-32(34)39-33)14-17-6-9-19(10-7-17)49(43,44)45/h2-13,15-16,35H,14H2,1H3,(H,43,44,45)(H,46,47,48)(H,36,37,38,39). The number of ketones is 1. The van der Waals surface area contributed by atoms with Crippen molar-refractivity contribution in [1.82, 2.24) is 19.5 Å². The lowest BCUT2D eigenvalue weighted by Crippen LogP contribution is -2.21. The summed E-state index contributed by atoms with van der Waals surface area (Å²) >= 11 is 6.16. The van der Waals surface area contributed by atoms with E-state index in [-0.39, 0.29) is 45.4 Å². The number of halogens is 1. The second kappa shape index (κ2) is 12.1. The van der Waals surface area contributed by atoms with Crippen LogP contribution in [0.4, 0.5) is 23.0 Å². The number of hydrogen-bond acceptors (Lipinski definition) is 11. The molecule has 2 aromatic heterocycles. The Morgan fingerprint density at radius 1 is 0.760 bits per heavy atom. The van der Waals surface area contributed by atoms with Crippen LogP contribution in [0.25, 0.3) is 22.0 Å². The topological polar surface area (TPSA) is 211 Å². The number of carbonyl (C=O) groups excluding carboxylic acids is 1. The van der Waals surface area contributed by atoms with Crippen LogP contribution in [0.2, 0.25) is 5.28 Å². The molecule has 252 valence electrons. The Kier molecular flexibility index (Phi) is 7.99. The van der Waals surface area contributed by atoms with Gasteiger partial charge in [0.05, 0.1) is 27.4 Å². The molecule has 0 unspecified atom stereocenters. The molecule has 0 radical (unpaired) electrons. The lowest BCUT2D eigenvalue weighted by molar-refractivity contribution is 0.104. The van der Waals surface area contributed by atoms with Gasteiger partial charge in [-0.1, -0.05) is 36.4 Å². The molecule has 14 nitrogen and oxygen atoms in total. The van der Waals surface area contributed by atoms with Crippen molar-refractivity contribution in [3.8, 4) is 11.1 Å². The van der Waals surface area contributed by atoms with E-state index in [2.05, 4.69) is 25.6 Å². The Morgan fingerprint density at radius 2 is 1.48 bits per heavy atom. The third kappa shape index (κ3) is 6.10. The summed E-state index contributed by atoms with van der Waals surface area (Å²) in [7, 11) is -7.54. The first kappa shape index (κ1) is 33.0. The van der Waals surface area contributed by atoms with Crippen LogP contribution in [0.15, 0.2) is 99.5 Å². The van der Waals surface area contributed by atoms with Gasteiger partial charge in [-0.15, -0.1) is 0 Å². The van der Waals surface area contributed by atoms with Crippen LogP contribution in [0.1, 0.15) is 27.3 Å². The van der Waals surface area contributed by atoms with E-state index in [4.69, 9.17) is 11.6 Å². The van der Waals surface area contributed by atoms with Gasteiger partial charge in [0.2, 0.25) is 11.2 Å². The lowest BCUT2D eigenvalue weighted by Gasteiger charge is -2.23. The molecule has 2 heterocycles. The molecule has 0 atom stereocenters. The van der Waals surface area contributed by atoms with Gasteiger partial charge in [-0.3, -0.25) is 18.7 Å². The predicted molar refractivity (Wildman–Crippen MR) is 185 cm³/mol. The fourth-order valence-electron chi connectivity index (χ4n) is 5.85. The van der Waals surface area contributed by atoms with E-state index in [9.17, 15) is 35.5 Å². The van der Waals surface area contributed by atoms with Crippen LogP contribution >= 0.6 is 11.6 Å². The zero-order chi connectivity index (χ0) is 35.5. The van der Waals surface area contributed by atoms with Crippen molar-refractivity contribution in [2.75, 3.05) is 10.6 Å². The maximum atomic E-state index is 13.9. The molecule has 1 aliphatic carbocycles. The maximum Gasteiger partial charge on any atom is 0.296 e. The Labute approximate surface area is 289 Å². The number of hydrogen-bond donors (Lipinski definition) is 4. The molecule has 0 bridgehead atoms. The molecular weight excluding hydrogens is 708 g/mol. The minimum Gasteiger partial charge on any atom is -0.355 e. The first-order chi connectivity index (χ1) is 23.7. The smallest absolute Gasteiger partial charge is 0.296 e. The van der Waals surface area contributed by atoms with Gasteiger partial charge >= 0.3 is 0 Å². The molecule has 0 amide bonds. The van der Waals surface area contributed by atoms with Crippen molar-refractivity contribution in [2.45, 2.75) is 16.2 Å². The largest absolute Gasteiger partial charge is 0.355 e. The average molecular weight is 731 g/mol. The van der Waals surface area contributed by atoms with Crippen molar-refractivity contribution in [1.29, 1.82) is 0 Å². The Balaban J connectivity index is 1.27. The van der Waals surface area contributed by atoms with Crippen LogP contribution < -0.4 is 16.2 Å². The zero-order valence-electron chi connectivity index (χ0n) is 25.6. The summed E-state index contributed by atoms with van der Waals surface area (Å²) in [5.74, 6) is -0.309. The monoisotopic (exact) mass is 730 g/mol. The predicted octanol–water partition coefficient (Wildman–Crippen LogP) is 5.16. The minimum absolute atomic E-state index is 0.0604. The average Bonchev–Trinajstić information content (AvgIpc) is 3.05. The number of benzene rings is 4. The lowest BCUT2D eigenvalue weighted by atomic mass is 9.83. The highest BCUT2D eigenvalue weighted by Crippen LogP contribution is 2.42. The summed E-state index contributed by atoms with van der Waals surface area (Å²) in [5, 5.41) is 6.29. The van der Waals surface area contributed by atoms with E-state index in [1.54, 1.807) is 43.4 Å². The van der Waals surface area contributed by atoms with Gasteiger partial charge in [0.1, 0.15) is 10.7 Å². The molecule has 50 heavy (non-hydrogen) atoms. The number of fused-ring (bicyclic) bond motifs is 2. The van der Waals surface area contributed by atoms with Gasteiger partial charge in [0.25, 0.3) is 25.8 Å². The molecule has 4 N–H and O–H groups in total. The molecule has 0 spiro atoms. The number of rotatable bonds is 8. The zero-order valence-corrected chi connectivity index (χ0v) is 28.0. The van der Waals surface area contributed by atoms with Crippen molar-refractivity contribution >= 4 is 71.5 Å². The summed E-state index contributed by atoms with van der Waals surface area (Å²) in [5.41, 5.74) is 3.42. The number of pyridine rings is 1. The molecule has 17 heteroatoms. The highest BCUT2D eigenvalue weighted by molar-refractivity contribution is 7.86. The van der Waals surface area contributed by atoms with E-state index in [0.29, 0.717) is 50.1 Å². The fourth-order valence-corrected chi connectivity index (χ4v) is 7.14. The van der Waals surface area contributed by atoms with Crippen LogP contribution in [0.5, 0.6) is 0 Å². The quantitative estimate of drug-likeness (QED) is 0.149. The van der Waals surface area contributed by atoms with Crippen molar-refractivity contribution in [3.63, 3.8) is 0 Å². The van der Waals surface area contributed by atoms with E-state index >= 15 is 0 Å². The van der Waals surface area contributed by atoms with Crippen LogP contribution in [-0.4, -0.2) is 51.2 Å². The van der Waals surface area contributed by atoms with E-state index in [1.807, 2.05) is 0 Å². The summed E-state index contributed by atoms with van der Waals surface area (Å²) in [6.07, 6.45) is 0.0604. The van der Waals surface area contributed by atoms with Gasteiger partial charge in [0.15, 0.2) is 5.78 Å². The van der Waals surface area contributed by atoms with Crippen LogP contribution in [0.3, 0.4) is 0 Å². The Morgan fingerprint density at radius 3 is 2.18 bits per heavy atom. The van der Waals surface area contributed by atoms with Crippen LogP contribution in [-0.2, 0) is 33.7 Å². The molecule has 6 aromatic rings.